The molecule has 0 radical (unpaired) electrons. The molecule has 2 fully saturated rings. The quantitative estimate of drug-likeness (QED) is 0.820. The molecule has 0 N–H and O–H groups in total. The third kappa shape index (κ3) is 3.39. The van der Waals surface area contributed by atoms with E-state index < -0.39 is 10.0 Å². The van der Waals surface area contributed by atoms with Crippen LogP contribution >= 0.6 is 0 Å². The SMILES string of the molecule is CS(=O)(=O)N1CCC(COc2ccc3nc(C4CC4)cn3n2)CC1. The summed E-state index contributed by atoms with van der Waals surface area (Å²) in [6, 6.07) is 3.78. The van der Waals surface area contributed by atoms with E-state index in [0.29, 0.717) is 37.4 Å². The number of sulfonamides is 1. The second kappa shape index (κ2) is 6.00. The van der Waals surface area contributed by atoms with Gasteiger partial charge >= 0.3 is 0 Å². The summed E-state index contributed by atoms with van der Waals surface area (Å²) >= 11 is 0. The summed E-state index contributed by atoms with van der Waals surface area (Å²) in [4.78, 5) is 4.58. The van der Waals surface area contributed by atoms with Gasteiger partial charge < -0.3 is 4.74 Å². The van der Waals surface area contributed by atoms with Gasteiger partial charge in [-0.2, -0.15) is 0 Å². The standard InChI is InChI=1S/C16H22N4O3S/c1-24(21,22)19-8-6-12(7-9-19)11-23-16-5-4-15-17-14(13-2-3-13)10-20(15)18-16/h4-5,10,12-13H,2-3,6-9,11H2,1H3. The minimum absolute atomic E-state index is 0.366. The van der Waals surface area contributed by atoms with Gasteiger partial charge in [0.05, 0.1) is 24.8 Å². The first-order chi connectivity index (χ1) is 11.5. The molecule has 8 heteroatoms. The van der Waals surface area contributed by atoms with E-state index in [1.807, 2.05) is 18.3 Å². The van der Waals surface area contributed by atoms with Crippen LogP contribution in [0.25, 0.3) is 5.65 Å². The van der Waals surface area contributed by atoms with Crippen molar-refractivity contribution in [3.05, 3.63) is 24.0 Å². The summed E-state index contributed by atoms with van der Waals surface area (Å²) in [5, 5.41) is 4.47. The van der Waals surface area contributed by atoms with Crippen LogP contribution in [0, 0.1) is 5.92 Å². The zero-order chi connectivity index (χ0) is 16.7. The predicted octanol–water partition coefficient (Wildman–Crippen LogP) is 1.66. The molecular weight excluding hydrogens is 328 g/mol. The largest absolute Gasteiger partial charge is 0.476 e. The van der Waals surface area contributed by atoms with Gasteiger partial charge in [0.25, 0.3) is 0 Å². The maximum Gasteiger partial charge on any atom is 0.231 e. The topological polar surface area (TPSA) is 76.8 Å². The summed E-state index contributed by atoms with van der Waals surface area (Å²) in [7, 11) is -3.07. The Balaban J connectivity index is 1.35. The molecule has 0 aromatic carbocycles. The highest BCUT2D eigenvalue weighted by atomic mass is 32.2. The highest BCUT2D eigenvalue weighted by Gasteiger charge is 2.27. The van der Waals surface area contributed by atoms with E-state index in [1.54, 1.807) is 8.82 Å². The first kappa shape index (κ1) is 15.8. The number of nitrogens with zero attached hydrogens (tertiary/aromatic N) is 4. The van der Waals surface area contributed by atoms with Crippen LogP contribution < -0.4 is 4.74 Å². The van der Waals surface area contributed by atoms with Gasteiger partial charge in [-0.05, 0) is 37.7 Å². The average molecular weight is 350 g/mol. The van der Waals surface area contributed by atoms with E-state index in [0.717, 1.165) is 24.2 Å². The van der Waals surface area contributed by atoms with Crippen LogP contribution in [-0.2, 0) is 10.0 Å². The molecule has 1 saturated heterocycles. The Hall–Kier alpha value is -1.67. The van der Waals surface area contributed by atoms with Crippen molar-refractivity contribution in [1.29, 1.82) is 0 Å². The number of hydrogen-bond donors (Lipinski definition) is 0. The lowest BCUT2D eigenvalue weighted by atomic mass is 9.99. The van der Waals surface area contributed by atoms with Crippen molar-refractivity contribution < 1.29 is 13.2 Å². The second-order valence-electron chi connectivity index (χ2n) is 6.83. The number of aromatic nitrogens is 3. The van der Waals surface area contributed by atoms with E-state index in [9.17, 15) is 8.42 Å². The Bertz CT molecular complexity index is 836. The second-order valence-corrected chi connectivity index (χ2v) is 8.81. The molecule has 0 atom stereocenters. The highest BCUT2D eigenvalue weighted by Crippen LogP contribution is 2.39. The lowest BCUT2D eigenvalue weighted by Gasteiger charge is -2.29. The molecule has 2 aromatic heterocycles. The smallest absolute Gasteiger partial charge is 0.231 e. The van der Waals surface area contributed by atoms with E-state index >= 15 is 0 Å². The van der Waals surface area contributed by atoms with Gasteiger partial charge in [-0.1, -0.05) is 0 Å². The number of hydrogen-bond acceptors (Lipinski definition) is 5. The van der Waals surface area contributed by atoms with Crippen molar-refractivity contribution in [2.24, 2.45) is 5.92 Å². The van der Waals surface area contributed by atoms with E-state index in [4.69, 9.17) is 4.74 Å². The summed E-state index contributed by atoms with van der Waals surface area (Å²) < 4.78 is 32.2. The number of rotatable bonds is 5. The van der Waals surface area contributed by atoms with Crippen LogP contribution in [0.15, 0.2) is 18.3 Å². The van der Waals surface area contributed by atoms with Gasteiger partial charge in [-0.3, -0.25) is 0 Å². The van der Waals surface area contributed by atoms with Gasteiger partial charge in [0, 0.05) is 25.1 Å². The Kier molecular flexibility index (Phi) is 3.96. The van der Waals surface area contributed by atoms with Crippen LogP contribution in [0.4, 0.5) is 0 Å². The monoisotopic (exact) mass is 350 g/mol. The number of piperidine rings is 1. The zero-order valence-corrected chi connectivity index (χ0v) is 14.6. The van der Waals surface area contributed by atoms with Crippen LogP contribution in [-0.4, -0.2) is 53.3 Å². The lowest BCUT2D eigenvalue weighted by molar-refractivity contribution is 0.180. The third-order valence-electron chi connectivity index (χ3n) is 4.82. The van der Waals surface area contributed by atoms with Crippen molar-refractivity contribution in [2.45, 2.75) is 31.6 Å². The fourth-order valence-electron chi connectivity index (χ4n) is 3.15. The maximum atomic E-state index is 11.5. The molecule has 1 saturated carbocycles. The van der Waals surface area contributed by atoms with E-state index in [1.165, 1.54) is 19.1 Å². The van der Waals surface area contributed by atoms with Gasteiger partial charge in [0.1, 0.15) is 0 Å². The zero-order valence-electron chi connectivity index (χ0n) is 13.8. The lowest BCUT2D eigenvalue weighted by Crippen LogP contribution is -2.39. The molecule has 1 aliphatic heterocycles. The molecule has 0 spiro atoms. The van der Waals surface area contributed by atoms with Crippen LogP contribution in [0.2, 0.25) is 0 Å². The van der Waals surface area contributed by atoms with Crippen LogP contribution in [0.5, 0.6) is 5.88 Å². The molecule has 0 bridgehead atoms. The normalized spacial score (nSPS) is 20.5. The Morgan fingerprint density at radius 3 is 2.62 bits per heavy atom. The third-order valence-corrected chi connectivity index (χ3v) is 6.12. The number of ether oxygens (including phenoxy) is 1. The van der Waals surface area contributed by atoms with Crippen molar-refractivity contribution in [3.63, 3.8) is 0 Å². The molecule has 0 unspecified atom stereocenters. The molecule has 4 rings (SSSR count). The van der Waals surface area contributed by atoms with Crippen molar-refractivity contribution >= 4 is 15.7 Å². The van der Waals surface area contributed by atoms with Crippen molar-refractivity contribution in [2.75, 3.05) is 26.0 Å². The fraction of sp³-hybridized carbons (Fsp3) is 0.625. The summed E-state index contributed by atoms with van der Waals surface area (Å²) in [5.41, 5.74) is 1.97. The van der Waals surface area contributed by atoms with Gasteiger partial charge in [-0.15, -0.1) is 5.10 Å². The molecule has 130 valence electrons. The first-order valence-electron chi connectivity index (χ1n) is 8.43. The van der Waals surface area contributed by atoms with E-state index in [2.05, 4.69) is 10.1 Å². The van der Waals surface area contributed by atoms with E-state index in [-0.39, 0.29) is 0 Å². The Labute approximate surface area is 141 Å². The van der Waals surface area contributed by atoms with Gasteiger partial charge in [0.15, 0.2) is 5.65 Å². The number of fused-ring (bicyclic) bond motifs is 1. The molecule has 24 heavy (non-hydrogen) atoms. The Morgan fingerprint density at radius 2 is 1.96 bits per heavy atom. The molecule has 2 aliphatic rings. The minimum atomic E-state index is -3.07. The summed E-state index contributed by atoms with van der Waals surface area (Å²) in [6.45, 7) is 1.72. The van der Waals surface area contributed by atoms with Crippen LogP contribution in [0.3, 0.4) is 0 Å². The first-order valence-corrected chi connectivity index (χ1v) is 10.3. The summed E-state index contributed by atoms with van der Waals surface area (Å²) in [5.74, 6) is 1.56. The predicted molar refractivity (Wildman–Crippen MR) is 89.6 cm³/mol. The Morgan fingerprint density at radius 1 is 1.21 bits per heavy atom. The maximum absolute atomic E-state index is 11.5. The molecule has 7 nitrogen and oxygen atoms in total. The molecule has 2 aromatic rings. The average Bonchev–Trinajstić information content (AvgIpc) is 3.32. The molecule has 3 heterocycles. The van der Waals surface area contributed by atoms with Crippen molar-refractivity contribution in [1.82, 2.24) is 18.9 Å². The van der Waals surface area contributed by atoms with Gasteiger partial charge in [0.2, 0.25) is 15.9 Å². The minimum Gasteiger partial charge on any atom is -0.476 e. The molecule has 1 aliphatic carbocycles. The number of imidazole rings is 1. The molecule has 0 amide bonds. The van der Waals surface area contributed by atoms with Gasteiger partial charge in [-0.25, -0.2) is 22.2 Å². The van der Waals surface area contributed by atoms with Crippen molar-refractivity contribution in [3.8, 4) is 5.88 Å². The fourth-order valence-corrected chi connectivity index (χ4v) is 4.02. The van der Waals surface area contributed by atoms with Crippen LogP contribution in [0.1, 0.15) is 37.3 Å². The highest BCUT2D eigenvalue weighted by molar-refractivity contribution is 7.88. The summed E-state index contributed by atoms with van der Waals surface area (Å²) in [6.07, 6.45) is 7.35. The molecular formula is C16H22N4O3S.